The smallest absolute Gasteiger partial charge is 0.260 e. The predicted molar refractivity (Wildman–Crippen MR) is 85.0 cm³/mol. The quantitative estimate of drug-likeness (QED) is 0.620. The van der Waals surface area contributed by atoms with Gasteiger partial charge in [0, 0.05) is 12.1 Å². The van der Waals surface area contributed by atoms with Crippen molar-refractivity contribution in [3.8, 4) is 5.75 Å². The van der Waals surface area contributed by atoms with Gasteiger partial charge in [0.1, 0.15) is 5.75 Å². The highest BCUT2D eigenvalue weighted by Crippen LogP contribution is 2.14. The summed E-state index contributed by atoms with van der Waals surface area (Å²) >= 11 is 4.97. The van der Waals surface area contributed by atoms with Crippen molar-refractivity contribution in [1.82, 2.24) is 4.90 Å². The molecule has 20 heavy (non-hydrogen) atoms. The van der Waals surface area contributed by atoms with E-state index in [4.69, 9.17) is 22.7 Å². The molecule has 5 heteroatoms. The zero-order valence-corrected chi connectivity index (χ0v) is 12.9. The Labute approximate surface area is 125 Å². The van der Waals surface area contributed by atoms with Crippen LogP contribution in [0.15, 0.2) is 24.3 Å². The molecule has 0 aliphatic heterocycles. The molecule has 110 valence electrons. The van der Waals surface area contributed by atoms with Crippen LogP contribution in [0.2, 0.25) is 0 Å². The van der Waals surface area contributed by atoms with Crippen LogP contribution in [0.1, 0.15) is 43.5 Å². The lowest BCUT2D eigenvalue weighted by Gasteiger charge is -2.20. The third-order valence-corrected chi connectivity index (χ3v) is 3.13. The lowest BCUT2D eigenvalue weighted by molar-refractivity contribution is 0.0846. The van der Waals surface area contributed by atoms with Crippen LogP contribution in [-0.4, -0.2) is 29.1 Å². The number of ether oxygens (including phenoxy) is 1. The van der Waals surface area contributed by atoms with Gasteiger partial charge in [-0.1, -0.05) is 19.8 Å². The molecular formula is C15H22N2O2S. The number of unbranched alkanes of at least 4 members (excludes halogenated alkanes) is 2. The molecule has 0 atom stereocenters. The van der Waals surface area contributed by atoms with Crippen LogP contribution < -0.4 is 10.5 Å². The molecule has 4 nitrogen and oxygen atoms in total. The molecule has 0 radical (unpaired) electrons. The maximum absolute atomic E-state index is 12.4. The topological polar surface area (TPSA) is 55.6 Å². The van der Waals surface area contributed by atoms with Crippen molar-refractivity contribution >= 4 is 23.2 Å². The van der Waals surface area contributed by atoms with Gasteiger partial charge in [-0.3, -0.25) is 9.69 Å². The fraction of sp³-hybridized carbons (Fsp3) is 0.467. The summed E-state index contributed by atoms with van der Waals surface area (Å²) in [6, 6.07) is 7.03. The van der Waals surface area contributed by atoms with Crippen LogP contribution in [0, 0.1) is 0 Å². The second-order valence-electron chi connectivity index (χ2n) is 4.46. The minimum atomic E-state index is -0.156. The highest BCUT2D eigenvalue weighted by molar-refractivity contribution is 7.80. The molecule has 0 bridgehead atoms. The van der Waals surface area contributed by atoms with Crippen LogP contribution in [0.5, 0.6) is 5.75 Å². The van der Waals surface area contributed by atoms with Gasteiger partial charge in [-0.25, -0.2) is 0 Å². The summed E-state index contributed by atoms with van der Waals surface area (Å²) in [7, 11) is 0. The minimum absolute atomic E-state index is 0.125. The molecule has 0 unspecified atom stereocenters. The van der Waals surface area contributed by atoms with Crippen molar-refractivity contribution in [2.75, 3.05) is 13.2 Å². The Balaban J connectivity index is 2.75. The van der Waals surface area contributed by atoms with Crippen LogP contribution in [0.3, 0.4) is 0 Å². The molecule has 0 aliphatic carbocycles. The van der Waals surface area contributed by atoms with Crippen molar-refractivity contribution in [1.29, 1.82) is 0 Å². The Hall–Kier alpha value is -1.62. The van der Waals surface area contributed by atoms with E-state index in [1.54, 1.807) is 24.3 Å². The number of benzene rings is 1. The van der Waals surface area contributed by atoms with Gasteiger partial charge in [-0.05, 0) is 49.8 Å². The van der Waals surface area contributed by atoms with Gasteiger partial charge in [0.2, 0.25) is 0 Å². The molecule has 0 aromatic heterocycles. The third-order valence-electron chi connectivity index (χ3n) is 2.91. The number of thiocarbonyl (C=S) groups is 1. The van der Waals surface area contributed by atoms with E-state index in [9.17, 15) is 4.79 Å². The second kappa shape index (κ2) is 8.53. The number of carbonyl (C=O) groups is 1. The van der Waals surface area contributed by atoms with Crippen molar-refractivity contribution in [2.24, 2.45) is 5.73 Å². The summed E-state index contributed by atoms with van der Waals surface area (Å²) < 4.78 is 5.35. The number of rotatable bonds is 7. The van der Waals surface area contributed by atoms with E-state index < -0.39 is 0 Å². The Kier molecular flexibility index (Phi) is 7.01. The second-order valence-corrected chi connectivity index (χ2v) is 4.88. The maximum atomic E-state index is 12.4. The summed E-state index contributed by atoms with van der Waals surface area (Å²) in [5.41, 5.74) is 6.21. The maximum Gasteiger partial charge on any atom is 0.260 e. The van der Waals surface area contributed by atoms with E-state index >= 15 is 0 Å². The van der Waals surface area contributed by atoms with Gasteiger partial charge >= 0.3 is 0 Å². The van der Waals surface area contributed by atoms with E-state index in [1.807, 2.05) is 6.92 Å². The van der Waals surface area contributed by atoms with Gasteiger partial charge in [0.15, 0.2) is 5.11 Å². The summed E-state index contributed by atoms with van der Waals surface area (Å²) in [5, 5.41) is 0.125. The lowest BCUT2D eigenvalue weighted by Crippen LogP contribution is -2.41. The Morgan fingerprint density at radius 2 is 1.90 bits per heavy atom. The Morgan fingerprint density at radius 3 is 2.40 bits per heavy atom. The molecule has 0 spiro atoms. The molecule has 2 N–H and O–H groups in total. The van der Waals surface area contributed by atoms with Crippen LogP contribution >= 0.6 is 12.2 Å². The van der Waals surface area contributed by atoms with Gasteiger partial charge < -0.3 is 10.5 Å². The van der Waals surface area contributed by atoms with E-state index in [0.717, 1.165) is 25.0 Å². The molecular weight excluding hydrogens is 272 g/mol. The molecule has 1 rings (SSSR count). The van der Waals surface area contributed by atoms with Gasteiger partial charge in [0.05, 0.1) is 6.61 Å². The first-order chi connectivity index (χ1) is 9.60. The summed E-state index contributed by atoms with van der Waals surface area (Å²) in [6.45, 7) is 5.19. The number of nitrogens with zero attached hydrogens (tertiary/aromatic N) is 1. The van der Waals surface area contributed by atoms with Crippen molar-refractivity contribution in [2.45, 2.75) is 33.1 Å². The largest absolute Gasteiger partial charge is 0.494 e. The van der Waals surface area contributed by atoms with E-state index in [0.29, 0.717) is 18.7 Å². The average molecular weight is 294 g/mol. The fourth-order valence-electron chi connectivity index (χ4n) is 1.85. The molecule has 1 amide bonds. The summed E-state index contributed by atoms with van der Waals surface area (Å²) in [5.74, 6) is 0.591. The predicted octanol–water partition coefficient (Wildman–Crippen LogP) is 2.96. The molecule has 0 saturated heterocycles. The molecule has 0 saturated carbocycles. The van der Waals surface area contributed by atoms with Crippen molar-refractivity contribution in [3.05, 3.63) is 29.8 Å². The number of amides is 1. The molecule has 0 fully saturated rings. The van der Waals surface area contributed by atoms with Gasteiger partial charge in [-0.15, -0.1) is 0 Å². The van der Waals surface area contributed by atoms with Crippen LogP contribution in [-0.2, 0) is 0 Å². The number of hydrogen-bond acceptors (Lipinski definition) is 3. The molecule has 0 heterocycles. The third kappa shape index (κ3) is 4.81. The molecule has 0 aliphatic rings. The van der Waals surface area contributed by atoms with Crippen LogP contribution in [0.25, 0.3) is 0 Å². The van der Waals surface area contributed by atoms with Gasteiger partial charge in [-0.2, -0.15) is 0 Å². The first-order valence-corrected chi connectivity index (χ1v) is 7.35. The first-order valence-electron chi connectivity index (χ1n) is 6.94. The fourth-order valence-corrected chi connectivity index (χ4v) is 2.02. The van der Waals surface area contributed by atoms with E-state index in [-0.39, 0.29) is 11.0 Å². The van der Waals surface area contributed by atoms with Crippen LogP contribution in [0.4, 0.5) is 0 Å². The molecule has 1 aromatic carbocycles. The number of carbonyl (C=O) groups excluding carboxylic acids is 1. The highest BCUT2D eigenvalue weighted by Gasteiger charge is 2.17. The normalized spacial score (nSPS) is 10.1. The minimum Gasteiger partial charge on any atom is -0.494 e. The van der Waals surface area contributed by atoms with E-state index in [1.165, 1.54) is 4.90 Å². The van der Waals surface area contributed by atoms with Gasteiger partial charge in [0.25, 0.3) is 5.91 Å². The van der Waals surface area contributed by atoms with Crippen molar-refractivity contribution < 1.29 is 9.53 Å². The molecule has 1 aromatic rings. The summed E-state index contributed by atoms with van der Waals surface area (Å²) in [6.07, 6.45) is 3.04. The monoisotopic (exact) mass is 294 g/mol. The van der Waals surface area contributed by atoms with E-state index in [2.05, 4.69) is 6.92 Å². The summed E-state index contributed by atoms with van der Waals surface area (Å²) in [4.78, 5) is 13.8. The SMILES string of the molecule is CCCCCN(C(=O)c1ccc(OCC)cc1)C(N)=S. The van der Waals surface area contributed by atoms with Crippen molar-refractivity contribution in [3.63, 3.8) is 0 Å². The zero-order chi connectivity index (χ0) is 15.0. The highest BCUT2D eigenvalue weighted by atomic mass is 32.1. The average Bonchev–Trinajstić information content (AvgIpc) is 2.44. The zero-order valence-electron chi connectivity index (χ0n) is 12.1. The number of hydrogen-bond donors (Lipinski definition) is 1. The first kappa shape index (κ1) is 16.4. The lowest BCUT2D eigenvalue weighted by atomic mass is 10.1. The Bertz CT molecular complexity index is 446. The standard InChI is InChI=1S/C15H22N2O2S/c1-3-5-6-11-17(15(16)20)14(18)12-7-9-13(10-8-12)19-4-2/h7-10H,3-6,11H2,1-2H3,(H2,16,20). The number of nitrogens with two attached hydrogens (primary N) is 1. The Morgan fingerprint density at radius 1 is 1.25 bits per heavy atom.